The second-order valence-electron chi connectivity index (χ2n) is 5.04. The van der Waals surface area contributed by atoms with E-state index >= 15 is 0 Å². The zero-order valence-corrected chi connectivity index (χ0v) is 11.7. The summed E-state index contributed by atoms with van der Waals surface area (Å²) in [7, 11) is 0. The van der Waals surface area contributed by atoms with Gasteiger partial charge in [0.15, 0.2) is 5.76 Å². The maximum Gasteiger partial charge on any atom is 0.287 e. The third-order valence-electron chi connectivity index (χ3n) is 3.27. The monoisotopic (exact) mass is 273 g/mol. The summed E-state index contributed by atoms with van der Waals surface area (Å²) < 4.78 is 5.31. The van der Waals surface area contributed by atoms with Gasteiger partial charge in [-0.25, -0.2) is 0 Å². The average molecular weight is 273 g/mol. The zero-order valence-electron chi connectivity index (χ0n) is 11.7. The van der Waals surface area contributed by atoms with Crippen LogP contribution < -0.4 is 5.32 Å². The zero-order chi connectivity index (χ0) is 14.5. The quantitative estimate of drug-likeness (QED) is 0.880. The molecule has 1 amide bonds. The Morgan fingerprint density at radius 2 is 1.95 bits per heavy atom. The van der Waals surface area contributed by atoms with E-state index in [0.717, 1.165) is 11.1 Å². The Kier molecular flexibility index (Phi) is 4.58. The summed E-state index contributed by atoms with van der Waals surface area (Å²) in [6, 6.07) is 11.1. The lowest BCUT2D eigenvalue weighted by molar-refractivity contribution is 0.0870. The summed E-state index contributed by atoms with van der Waals surface area (Å²) in [5, 5.41) is 12.1. The molecule has 0 radical (unpaired) electrons. The molecule has 0 spiro atoms. The van der Waals surface area contributed by atoms with Crippen molar-refractivity contribution >= 4 is 5.91 Å². The lowest BCUT2D eigenvalue weighted by atomic mass is 10.0. The summed E-state index contributed by atoms with van der Waals surface area (Å²) in [6.45, 7) is 3.80. The third-order valence-corrected chi connectivity index (χ3v) is 3.27. The van der Waals surface area contributed by atoms with Crippen molar-refractivity contribution < 1.29 is 14.3 Å². The van der Waals surface area contributed by atoms with Gasteiger partial charge in [0.1, 0.15) is 0 Å². The van der Waals surface area contributed by atoms with E-state index in [-0.39, 0.29) is 30.2 Å². The number of aliphatic hydroxyl groups excluding tert-OH is 1. The molecule has 0 aliphatic carbocycles. The first-order chi connectivity index (χ1) is 9.63. The molecule has 1 heterocycles. The van der Waals surface area contributed by atoms with Crippen molar-refractivity contribution in [3.8, 4) is 11.1 Å². The molecule has 2 aromatic rings. The molecule has 0 bridgehead atoms. The van der Waals surface area contributed by atoms with Gasteiger partial charge in [0.2, 0.25) is 0 Å². The first-order valence-electron chi connectivity index (χ1n) is 6.68. The van der Waals surface area contributed by atoms with Gasteiger partial charge in [-0.2, -0.15) is 0 Å². The Morgan fingerprint density at radius 1 is 1.25 bits per heavy atom. The van der Waals surface area contributed by atoms with Crippen molar-refractivity contribution in [3.63, 3.8) is 0 Å². The minimum absolute atomic E-state index is 0.0925. The van der Waals surface area contributed by atoms with Gasteiger partial charge < -0.3 is 14.8 Å². The van der Waals surface area contributed by atoms with E-state index in [1.54, 1.807) is 6.07 Å². The molecule has 0 aliphatic heterocycles. The lowest BCUT2D eigenvalue weighted by Gasteiger charge is -2.19. The number of aliphatic hydroxyl groups is 1. The molecule has 0 fully saturated rings. The molecular weight excluding hydrogens is 254 g/mol. The van der Waals surface area contributed by atoms with Gasteiger partial charge in [0.25, 0.3) is 5.91 Å². The molecule has 2 N–H and O–H groups in total. The Balaban J connectivity index is 2.22. The van der Waals surface area contributed by atoms with Crippen LogP contribution >= 0.6 is 0 Å². The molecule has 0 saturated heterocycles. The van der Waals surface area contributed by atoms with Crippen LogP contribution in [0.1, 0.15) is 24.4 Å². The smallest absolute Gasteiger partial charge is 0.287 e. The fourth-order valence-electron chi connectivity index (χ4n) is 1.99. The van der Waals surface area contributed by atoms with Crippen LogP contribution in [0.4, 0.5) is 0 Å². The topological polar surface area (TPSA) is 62.5 Å². The normalized spacial score (nSPS) is 12.4. The van der Waals surface area contributed by atoms with E-state index in [4.69, 9.17) is 4.42 Å². The van der Waals surface area contributed by atoms with Crippen LogP contribution in [-0.4, -0.2) is 23.7 Å². The predicted molar refractivity (Wildman–Crippen MR) is 77.3 cm³/mol. The minimum atomic E-state index is -0.304. The van der Waals surface area contributed by atoms with Crippen LogP contribution in [-0.2, 0) is 0 Å². The van der Waals surface area contributed by atoms with Crippen LogP contribution in [0.5, 0.6) is 0 Å². The average Bonchev–Trinajstić information content (AvgIpc) is 2.94. The van der Waals surface area contributed by atoms with E-state index in [1.165, 1.54) is 6.26 Å². The second-order valence-corrected chi connectivity index (χ2v) is 5.04. The van der Waals surface area contributed by atoms with Gasteiger partial charge in [0.05, 0.1) is 18.9 Å². The molecule has 2 rings (SSSR count). The molecule has 1 unspecified atom stereocenters. The molecular formula is C16H19NO3. The molecule has 0 saturated carbocycles. The predicted octanol–water partition coefficient (Wildman–Crippen LogP) is 2.69. The number of nitrogens with one attached hydrogen (secondary N) is 1. The molecule has 1 aromatic carbocycles. The molecule has 1 aromatic heterocycles. The third kappa shape index (κ3) is 3.08. The number of furan rings is 1. The van der Waals surface area contributed by atoms with Gasteiger partial charge in [-0.15, -0.1) is 0 Å². The highest BCUT2D eigenvalue weighted by molar-refractivity contribution is 5.98. The Morgan fingerprint density at radius 3 is 2.55 bits per heavy atom. The highest BCUT2D eigenvalue weighted by Crippen LogP contribution is 2.24. The van der Waals surface area contributed by atoms with Crippen molar-refractivity contribution in [2.45, 2.75) is 19.9 Å². The fraction of sp³-hybridized carbons (Fsp3) is 0.312. The minimum Gasteiger partial charge on any atom is -0.459 e. The highest BCUT2D eigenvalue weighted by Gasteiger charge is 2.21. The van der Waals surface area contributed by atoms with Crippen molar-refractivity contribution in [3.05, 3.63) is 48.4 Å². The number of hydrogen-bond acceptors (Lipinski definition) is 3. The Labute approximate surface area is 118 Å². The molecule has 4 nitrogen and oxygen atoms in total. The van der Waals surface area contributed by atoms with E-state index in [9.17, 15) is 9.90 Å². The number of hydrogen-bond donors (Lipinski definition) is 2. The van der Waals surface area contributed by atoms with Crippen LogP contribution in [0, 0.1) is 5.92 Å². The molecule has 20 heavy (non-hydrogen) atoms. The Hall–Kier alpha value is -2.07. The first-order valence-corrected chi connectivity index (χ1v) is 6.68. The van der Waals surface area contributed by atoms with Gasteiger partial charge in [-0.05, 0) is 17.5 Å². The van der Waals surface area contributed by atoms with Crippen LogP contribution in [0.2, 0.25) is 0 Å². The summed E-state index contributed by atoms with van der Waals surface area (Å²) >= 11 is 0. The number of carbonyl (C=O) groups excluding carboxylic acids is 1. The van der Waals surface area contributed by atoms with Crippen molar-refractivity contribution in [1.29, 1.82) is 0 Å². The second kappa shape index (κ2) is 6.39. The largest absolute Gasteiger partial charge is 0.459 e. The molecule has 106 valence electrons. The van der Waals surface area contributed by atoms with Gasteiger partial charge in [-0.1, -0.05) is 44.2 Å². The Bertz CT molecular complexity index is 560. The highest BCUT2D eigenvalue weighted by atomic mass is 16.3. The first kappa shape index (κ1) is 14.3. The fourth-order valence-corrected chi connectivity index (χ4v) is 1.99. The standard InChI is InChI=1S/C16H19NO3/c1-11(2)14(10-18)17-16(19)15-13(8-9-20-15)12-6-4-3-5-7-12/h3-9,11,14,18H,10H2,1-2H3,(H,17,19). The number of carbonyl (C=O) groups is 1. The summed E-state index contributed by atoms with van der Waals surface area (Å²) in [6.07, 6.45) is 1.50. The van der Waals surface area contributed by atoms with Crippen LogP contribution in [0.15, 0.2) is 47.1 Å². The molecule has 0 aliphatic rings. The van der Waals surface area contributed by atoms with Crippen molar-refractivity contribution in [1.82, 2.24) is 5.32 Å². The van der Waals surface area contributed by atoms with E-state index in [0.29, 0.717) is 0 Å². The van der Waals surface area contributed by atoms with Crippen LogP contribution in [0.3, 0.4) is 0 Å². The maximum absolute atomic E-state index is 12.3. The molecule has 4 heteroatoms. The van der Waals surface area contributed by atoms with Crippen molar-refractivity contribution in [2.75, 3.05) is 6.61 Å². The van der Waals surface area contributed by atoms with Gasteiger partial charge >= 0.3 is 0 Å². The van der Waals surface area contributed by atoms with Crippen molar-refractivity contribution in [2.24, 2.45) is 5.92 Å². The number of rotatable bonds is 5. The maximum atomic E-state index is 12.3. The SMILES string of the molecule is CC(C)C(CO)NC(=O)c1occc1-c1ccccc1. The lowest BCUT2D eigenvalue weighted by Crippen LogP contribution is -2.41. The van der Waals surface area contributed by atoms with Gasteiger partial charge in [0, 0.05) is 5.56 Å². The van der Waals surface area contributed by atoms with E-state index in [2.05, 4.69) is 5.32 Å². The summed E-state index contributed by atoms with van der Waals surface area (Å²) in [5.74, 6) is 0.121. The van der Waals surface area contributed by atoms with Gasteiger partial charge in [-0.3, -0.25) is 4.79 Å². The van der Waals surface area contributed by atoms with E-state index < -0.39 is 0 Å². The van der Waals surface area contributed by atoms with Crippen LogP contribution in [0.25, 0.3) is 11.1 Å². The number of amides is 1. The number of benzene rings is 1. The van der Waals surface area contributed by atoms with E-state index in [1.807, 2.05) is 44.2 Å². The molecule has 1 atom stereocenters. The summed E-state index contributed by atoms with van der Waals surface area (Å²) in [4.78, 5) is 12.3. The summed E-state index contributed by atoms with van der Waals surface area (Å²) in [5.41, 5.74) is 1.68.